The van der Waals surface area contributed by atoms with Crippen molar-refractivity contribution in [1.29, 1.82) is 0 Å². The van der Waals surface area contributed by atoms with Gasteiger partial charge in [0, 0.05) is 5.39 Å². The van der Waals surface area contributed by atoms with Crippen molar-refractivity contribution in [3.63, 3.8) is 0 Å². The van der Waals surface area contributed by atoms with Crippen molar-refractivity contribution in [2.45, 2.75) is 19.8 Å². The zero-order valence-corrected chi connectivity index (χ0v) is 10.4. The van der Waals surface area contributed by atoms with Crippen LogP contribution >= 0.6 is 23.2 Å². The number of hydrogen-bond donors (Lipinski definition) is 1. The van der Waals surface area contributed by atoms with Gasteiger partial charge in [-0.25, -0.2) is 4.98 Å². The van der Waals surface area contributed by atoms with Crippen molar-refractivity contribution in [2.24, 2.45) is 0 Å². The number of nitrogen functional groups attached to an aromatic ring is 1. The third-order valence-electron chi connectivity index (χ3n) is 2.51. The Morgan fingerprint density at radius 2 is 1.94 bits per heavy atom. The Labute approximate surface area is 104 Å². The molecule has 16 heavy (non-hydrogen) atoms. The highest BCUT2D eigenvalue weighted by molar-refractivity contribution is 6.39. The van der Waals surface area contributed by atoms with Gasteiger partial charge in [0.1, 0.15) is 5.82 Å². The summed E-state index contributed by atoms with van der Waals surface area (Å²) in [6, 6.07) is 5.49. The number of nitrogens with two attached hydrogens (primary N) is 1. The maximum atomic E-state index is 6.11. The average molecular weight is 255 g/mol. The Balaban J connectivity index is 2.73. The molecule has 84 valence electrons. The van der Waals surface area contributed by atoms with Gasteiger partial charge >= 0.3 is 0 Å². The largest absolute Gasteiger partial charge is 0.383 e. The van der Waals surface area contributed by atoms with Crippen molar-refractivity contribution in [3.05, 3.63) is 33.8 Å². The molecule has 0 atom stereocenters. The number of rotatable bonds is 2. The molecule has 0 amide bonds. The van der Waals surface area contributed by atoms with Crippen LogP contribution < -0.4 is 5.73 Å². The molecular formula is C12H12Cl2N2. The van der Waals surface area contributed by atoms with Crippen LogP contribution in [0.2, 0.25) is 10.0 Å². The fourth-order valence-corrected chi connectivity index (χ4v) is 2.13. The van der Waals surface area contributed by atoms with Gasteiger partial charge < -0.3 is 5.73 Å². The SMILES string of the molecule is CCCc1cc2c(Cl)ccc(Cl)c2nc1N. The van der Waals surface area contributed by atoms with Crippen molar-refractivity contribution in [3.8, 4) is 0 Å². The second-order valence-corrected chi connectivity index (χ2v) is 4.52. The lowest BCUT2D eigenvalue weighted by molar-refractivity contribution is 0.921. The van der Waals surface area contributed by atoms with Crippen molar-refractivity contribution in [2.75, 3.05) is 5.73 Å². The van der Waals surface area contributed by atoms with Gasteiger partial charge in [0.2, 0.25) is 0 Å². The molecule has 0 fully saturated rings. The molecule has 1 aromatic heterocycles. The predicted octanol–water partition coefficient (Wildman–Crippen LogP) is 4.08. The summed E-state index contributed by atoms with van der Waals surface area (Å²) < 4.78 is 0. The van der Waals surface area contributed by atoms with Gasteiger partial charge in [-0.1, -0.05) is 36.5 Å². The predicted molar refractivity (Wildman–Crippen MR) is 70.2 cm³/mol. The van der Waals surface area contributed by atoms with E-state index in [1.54, 1.807) is 12.1 Å². The first-order valence-electron chi connectivity index (χ1n) is 5.16. The maximum absolute atomic E-state index is 6.11. The lowest BCUT2D eigenvalue weighted by Gasteiger charge is -2.08. The molecule has 0 aliphatic carbocycles. The first-order valence-corrected chi connectivity index (χ1v) is 5.92. The third kappa shape index (κ3) is 1.95. The van der Waals surface area contributed by atoms with Gasteiger partial charge in [-0.05, 0) is 30.2 Å². The second kappa shape index (κ2) is 4.48. The summed E-state index contributed by atoms with van der Waals surface area (Å²) in [6.45, 7) is 2.10. The molecule has 0 unspecified atom stereocenters. The minimum absolute atomic E-state index is 0.540. The fourth-order valence-electron chi connectivity index (χ4n) is 1.72. The molecule has 0 saturated carbocycles. The van der Waals surface area contributed by atoms with Crippen molar-refractivity contribution >= 4 is 39.9 Å². The minimum Gasteiger partial charge on any atom is -0.383 e. The van der Waals surface area contributed by atoms with E-state index in [1.807, 2.05) is 6.07 Å². The molecule has 0 aliphatic rings. The van der Waals surface area contributed by atoms with E-state index < -0.39 is 0 Å². The van der Waals surface area contributed by atoms with Crippen molar-refractivity contribution < 1.29 is 0 Å². The number of nitrogens with zero attached hydrogens (tertiary/aromatic N) is 1. The monoisotopic (exact) mass is 254 g/mol. The first-order chi connectivity index (χ1) is 7.63. The summed E-state index contributed by atoms with van der Waals surface area (Å²) >= 11 is 12.2. The molecular weight excluding hydrogens is 243 g/mol. The van der Waals surface area contributed by atoms with Crippen LogP contribution in [0.25, 0.3) is 10.9 Å². The molecule has 4 heteroatoms. The second-order valence-electron chi connectivity index (χ2n) is 3.71. The van der Waals surface area contributed by atoms with Crippen LogP contribution in [0.5, 0.6) is 0 Å². The molecule has 2 nitrogen and oxygen atoms in total. The summed E-state index contributed by atoms with van der Waals surface area (Å²) in [4.78, 5) is 4.32. The highest BCUT2D eigenvalue weighted by Crippen LogP contribution is 2.30. The first kappa shape index (κ1) is 11.5. The Morgan fingerprint density at radius 3 is 2.62 bits per heavy atom. The molecule has 0 radical (unpaired) electrons. The van der Waals surface area contributed by atoms with E-state index in [9.17, 15) is 0 Å². The number of pyridine rings is 1. The molecule has 0 aliphatic heterocycles. The van der Waals surface area contributed by atoms with Crippen LogP contribution in [-0.2, 0) is 6.42 Å². The minimum atomic E-state index is 0.540. The maximum Gasteiger partial charge on any atom is 0.127 e. The van der Waals surface area contributed by atoms with Crippen LogP contribution in [0.4, 0.5) is 5.82 Å². The summed E-state index contributed by atoms with van der Waals surface area (Å²) in [5.41, 5.74) is 7.58. The average Bonchev–Trinajstić information content (AvgIpc) is 2.26. The molecule has 1 aromatic carbocycles. The van der Waals surface area contributed by atoms with E-state index in [1.165, 1.54) is 0 Å². The van der Waals surface area contributed by atoms with Gasteiger partial charge in [-0.2, -0.15) is 0 Å². The number of anilines is 1. The Bertz CT molecular complexity index is 538. The Morgan fingerprint density at radius 1 is 1.25 bits per heavy atom. The lowest BCUT2D eigenvalue weighted by Crippen LogP contribution is -1.98. The molecule has 0 saturated heterocycles. The molecule has 2 N–H and O–H groups in total. The highest BCUT2D eigenvalue weighted by Gasteiger charge is 2.09. The van der Waals surface area contributed by atoms with Gasteiger partial charge in [0.15, 0.2) is 0 Å². The van der Waals surface area contributed by atoms with Crippen LogP contribution in [0.3, 0.4) is 0 Å². The summed E-state index contributed by atoms with van der Waals surface area (Å²) in [5.74, 6) is 0.540. The summed E-state index contributed by atoms with van der Waals surface area (Å²) in [6.07, 6.45) is 1.92. The number of aryl methyl sites for hydroxylation is 1. The van der Waals surface area contributed by atoms with Gasteiger partial charge in [-0.15, -0.1) is 0 Å². The normalized spacial score (nSPS) is 10.9. The molecule has 1 heterocycles. The smallest absolute Gasteiger partial charge is 0.127 e. The molecule has 0 spiro atoms. The van der Waals surface area contributed by atoms with E-state index >= 15 is 0 Å². The zero-order chi connectivity index (χ0) is 11.7. The third-order valence-corrected chi connectivity index (χ3v) is 3.15. The molecule has 2 rings (SSSR count). The number of benzene rings is 1. The highest BCUT2D eigenvalue weighted by atomic mass is 35.5. The zero-order valence-electron chi connectivity index (χ0n) is 8.93. The fraction of sp³-hybridized carbons (Fsp3) is 0.250. The van der Waals surface area contributed by atoms with Gasteiger partial charge in [-0.3, -0.25) is 0 Å². The van der Waals surface area contributed by atoms with E-state index in [4.69, 9.17) is 28.9 Å². The van der Waals surface area contributed by atoms with Crippen LogP contribution in [0.1, 0.15) is 18.9 Å². The number of fused-ring (bicyclic) bond motifs is 1. The number of halogens is 2. The number of aromatic nitrogens is 1. The lowest BCUT2D eigenvalue weighted by atomic mass is 10.1. The Kier molecular flexibility index (Phi) is 3.22. The molecule has 2 aromatic rings. The molecule has 0 bridgehead atoms. The van der Waals surface area contributed by atoms with Crippen molar-refractivity contribution in [1.82, 2.24) is 4.98 Å². The van der Waals surface area contributed by atoms with E-state index in [0.717, 1.165) is 23.8 Å². The van der Waals surface area contributed by atoms with E-state index in [0.29, 0.717) is 21.4 Å². The van der Waals surface area contributed by atoms with E-state index in [-0.39, 0.29) is 0 Å². The summed E-state index contributed by atoms with van der Waals surface area (Å²) in [5, 5.41) is 2.10. The topological polar surface area (TPSA) is 38.9 Å². The van der Waals surface area contributed by atoms with Gasteiger partial charge in [0.25, 0.3) is 0 Å². The van der Waals surface area contributed by atoms with Crippen LogP contribution in [0.15, 0.2) is 18.2 Å². The number of hydrogen-bond acceptors (Lipinski definition) is 2. The van der Waals surface area contributed by atoms with Gasteiger partial charge in [0.05, 0.1) is 15.6 Å². The van der Waals surface area contributed by atoms with E-state index in [2.05, 4.69) is 11.9 Å². The standard InChI is InChI=1S/C12H12Cl2N2/c1-2-3-7-6-8-9(13)4-5-10(14)11(8)16-12(7)15/h4-6H,2-3H2,1H3,(H2,15,16). The Hall–Kier alpha value is -0.990. The quantitative estimate of drug-likeness (QED) is 0.878. The van der Waals surface area contributed by atoms with Crippen LogP contribution in [-0.4, -0.2) is 4.98 Å². The van der Waals surface area contributed by atoms with Crippen LogP contribution in [0, 0.1) is 0 Å². The summed E-state index contributed by atoms with van der Waals surface area (Å²) in [7, 11) is 0.